The number of unbranched alkanes of at least 4 members (excludes halogenated alkanes) is 1. The molecule has 1 aliphatic heterocycles. The lowest BCUT2D eigenvalue weighted by atomic mass is 9.89. The lowest BCUT2D eigenvalue weighted by Gasteiger charge is -2.21. The fourth-order valence-electron chi connectivity index (χ4n) is 2.75. The predicted octanol–water partition coefficient (Wildman–Crippen LogP) is 4.99. The van der Waals surface area contributed by atoms with Crippen LogP contribution in [0.25, 0.3) is 0 Å². The second-order valence-corrected chi connectivity index (χ2v) is 10.1. The molecule has 0 bridgehead atoms. The van der Waals surface area contributed by atoms with Crippen molar-refractivity contribution in [2.24, 2.45) is 16.8 Å². The third-order valence-corrected chi connectivity index (χ3v) is 5.04. The van der Waals surface area contributed by atoms with E-state index in [1.54, 1.807) is 6.92 Å². The van der Waals surface area contributed by atoms with Crippen LogP contribution in [0.5, 0.6) is 0 Å². The van der Waals surface area contributed by atoms with Gasteiger partial charge in [0.1, 0.15) is 18.0 Å². The minimum absolute atomic E-state index is 0.0150. The van der Waals surface area contributed by atoms with Crippen LogP contribution in [0.3, 0.4) is 0 Å². The van der Waals surface area contributed by atoms with E-state index >= 15 is 0 Å². The Hall–Kier alpha value is -0.780. The van der Waals surface area contributed by atoms with E-state index < -0.39 is 15.3 Å². The number of amidine groups is 1. The number of halogens is 3. The number of hydrogen-bond acceptors (Lipinski definition) is 4. The van der Waals surface area contributed by atoms with E-state index in [0.717, 1.165) is 12.8 Å². The molecule has 0 aromatic heterocycles. The van der Waals surface area contributed by atoms with Crippen molar-refractivity contribution in [1.29, 1.82) is 0 Å². The zero-order valence-corrected chi connectivity index (χ0v) is 19.1. The average molecular weight is 440 g/mol. The van der Waals surface area contributed by atoms with Gasteiger partial charge in [-0.25, -0.2) is 4.79 Å². The van der Waals surface area contributed by atoms with E-state index in [2.05, 4.69) is 17.2 Å². The number of nitrogens with one attached hydrogen (secondary N) is 1. The molecule has 1 atom stereocenters. The van der Waals surface area contributed by atoms with Crippen LogP contribution in [0.15, 0.2) is 16.1 Å². The van der Waals surface area contributed by atoms with Crippen molar-refractivity contribution in [2.75, 3.05) is 6.61 Å². The smallest absolute Gasteiger partial charge is 0.334 e. The van der Waals surface area contributed by atoms with Gasteiger partial charge >= 0.3 is 5.97 Å². The first kappa shape index (κ1) is 24.3. The second-order valence-electron chi connectivity index (χ2n) is 7.56. The minimum Gasteiger partial charge on any atom is -0.458 e. The Morgan fingerprint density at radius 2 is 1.85 bits per heavy atom. The van der Waals surface area contributed by atoms with Gasteiger partial charge in [-0.3, -0.25) is 9.79 Å². The second kappa shape index (κ2) is 9.62. The molecule has 1 heterocycles. The predicted molar refractivity (Wildman–Crippen MR) is 111 cm³/mol. The summed E-state index contributed by atoms with van der Waals surface area (Å²) in [6.45, 7) is 11.2. The molecule has 0 aliphatic carbocycles. The molecule has 5 nitrogen and oxygen atoms in total. The molecule has 0 saturated heterocycles. The van der Waals surface area contributed by atoms with Gasteiger partial charge in [0, 0.05) is 11.1 Å². The summed E-state index contributed by atoms with van der Waals surface area (Å²) in [6, 6.07) is 0. The summed E-state index contributed by atoms with van der Waals surface area (Å²) < 4.78 is 3.53. The largest absolute Gasteiger partial charge is 0.458 e. The summed E-state index contributed by atoms with van der Waals surface area (Å²) in [7, 11) is 0. The molecule has 1 unspecified atom stereocenters. The number of carbonyl (C=O) groups excluding carboxylic acids is 2. The van der Waals surface area contributed by atoms with Crippen LogP contribution in [0.2, 0.25) is 0 Å². The van der Waals surface area contributed by atoms with Crippen LogP contribution in [-0.4, -0.2) is 33.7 Å². The van der Waals surface area contributed by atoms with Crippen molar-refractivity contribution >= 4 is 52.5 Å². The summed E-state index contributed by atoms with van der Waals surface area (Å²) in [5.41, 5.74) is 0.278. The number of hydrogen-bond donors (Lipinski definition) is 1. The summed E-state index contributed by atoms with van der Waals surface area (Å²) in [4.78, 5) is 29.9. The Bertz CT molecular complexity index is 637. The molecule has 0 saturated carbocycles. The zero-order chi connectivity index (χ0) is 21.0. The third-order valence-electron chi connectivity index (χ3n) is 4.72. The van der Waals surface area contributed by atoms with Gasteiger partial charge in [0.2, 0.25) is 3.79 Å². The minimum atomic E-state index is -1.68. The SMILES string of the molecule is CCCC/C(C1=NC(C)(C(C)C)C(=O)N1)=C(/C(=O)OCC(Cl)(Cl)Cl)C(C)C. The van der Waals surface area contributed by atoms with Gasteiger partial charge in [0.15, 0.2) is 0 Å². The summed E-state index contributed by atoms with van der Waals surface area (Å²) in [6.07, 6.45) is 2.37. The van der Waals surface area contributed by atoms with Crippen molar-refractivity contribution in [3.63, 3.8) is 0 Å². The van der Waals surface area contributed by atoms with Crippen molar-refractivity contribution in [1.82, 2.24) is 5.32 Å². The van der Waals surface area contributed by atoms with Crippen LogP contribution in [0, 0.1) is 11.8 Å². The number of esters is 1. The first-order chi connectivity index (χ1) is 12.3. The Labute approximate surface area is 176 Å². The summed E-state index contributed by atoms with van der Waals surface area (Å²) >= 11 is 17.1. The van der Waals surface area contributed by atoms with Crippen LogP contribution >= 0.6 is 34.8 Å². The van der Waals surface area contributed by atoms with Crippen molar-refractivity contribution in [2.45, 2.75) is 70.1 Å². The zero-order valence-electron chi connectivity index (χ0n) is 16.8. The number of alkyl halides is 3. The third kappa shape index (κ3) is 6.37. The number of aliphatic imine (C=N–C) groups is 1. The molecule has 0 fully saturated rings. The van der Waals surface area contributed by atoms with Gasteiger partial charge in [-0.1, -0.05) is 75.8 Å². The summed E-state index contributed by atoms with van der Waals surface area (Å²) in [5, 5.41) is 2.86. The molecule has 1 amide bonds. The van der Waals surface area contributed by atoms with Crippen molar-refractivity contribution in [3.05, 3.63) is 11.1 Å². The highest BCUT2D eigenvalue weighted by atomic mass is 35.6. The molecule has 0 aromatic carbocycles. The van der Waals surface area contributed by atoms with Gasteiger partial charge in [-0.15, -0.1) is 0 Å². The van der Waals surface area contributed by atoms with Crippen LogP contribution < -0.4 is 5.32 Å². The van der Waals surface area contributed by atoms with Gasteiger partial charge in [0.25, 0.3) is 5.91 Å². The first-order valence-corrected chi connectivity index (χ1v) is 10.4. The Morgan fingerprint density at radius 1 is 1.26 bits per heavy atom. The molecule has 0 radical (unpaired) electrons. The fraction of sp³-hybridized carbons (Fsp3) is 0.737. The molecule has 1 N–H and O–H groups in total. The highest BCUT2D eigenvalue weighted by Gasteiger charge is 2.43. The maximum Gasteiger partial charge on any atom is 0.334 e. The van der Waals surface area contributed by atoms with Crippen LogP contribution in [0.4, 0.5) is 0 Å². The van der Waals surface area contributed by atoms with E-state index in [0.29, 0.717) is 23.4 Å². The molecule has 0 aromatic rings. The lowest BCUT2D eigenvalue weighted by molar-refractivity contribution is -0.139. The number of ether oxygens (including phenoxy) is 1. The average Bonchev–Trinajstić information content (AvgIpc) is 2.84. The maximum absolute atomic E-state index is 12.7. The highest BCUT2D eigenvalue weighted by molar-refractivity contribution is 6.67. The molecule has 27 heavy (non-hydrogen) atoms. The molecule has 1 rings (SSSR count). The quantitative estimate of drug-likeness (QED) is 0.329. The molecule has 154 valence electrons. The van der Waals surface area contributed by atoms with Gasteiger partial charge in [-0.2, -0.15) is 0 Å². The van der Waals surface area contributed by atoms with Crippen LogP contribution in [0.1, 0.15) is 60.8 Å². The lowest BCUT2D eigenvalue weighted by Crippen LogP contribution is -2.41. The van der Waals surface area contributed by atoms with Gasteiger partial charge in [-0.05, 0) is 31.6 Å². The first-order valence-electron chi connectivity index (χ1n) is 9.22. The number of carbonyl (C=O) groups is 2. The number of rotatable bonds is 8. The molecule has 8 heteroatoms. The van der Waals surface area contributed by atoms with Crippen LogP contribution in [-0.2, 0) is 14.3 Å². The maximum atomic E-state index is 12.7. The standard InChI is InChI=1S/C19H29Cl3N2O3/c1-7-8-9-13(15-23-17(26)18(6,24-15)12(4)5)14(11(2)3)16(25)27-10-19(20,21)22/h11-12H,7-10H2,1-6H3,(H,23,24,26)/b14-13-. The number of nitrogens with zero attached hydrogens (tertiary/aromatic N) is 1. The molecular formula is C19H29Cl3N2O3. The van der Waals surface area contributed by atoms with Crippen molar-refractivity contribution in [3.8, 4) is 0 Å². The Balaban J connectivity index is 3.38. The van der Waals surface area contributed by atoms with E-state index in [1.807, 2.05) is 27.7 Å². The monoisotopic (exact) mass is 438 g/mol. The topological polar surface area (TPSA) is 67.8 Å². The molecular weight excluding hydrogens is 411 g/mol. The fourth-order valence-corrected chi connectivity index (χ4v) is 2.91. The van der Waals surface area contributed by atoms with Gasteiger partial charge < -0.3 is 10.1 Å². The Morgan fingerprint density at radius 3 is 2.26 bits per heavy atom. The normalized spacial score (nSPS) is 21.3. The van der Waals surface area contributed by atoms with E-state index in [4.69, 9.17) is 39.5 Å². The van der Waals surface area contributed by atoms with E-state index in [1.165, 1.54) is 0 Å². The molecule has 1 aliphatic rings. The Kier molecular flexibility index (Phi) is 8.64. The van der Waals surface area contributed by atoms with Crippen molar-refractivity contribution < 1.29 is 14.3 Å². The number of amides is 1. The molecule has 0 spiro atoms. The van der Waals surface area contributed by atoms with E-state index in [9.17, 15) is 9.59 Å². The van der Waals surface area contributed by atoms with E-state index in [-0.39, 0.29) is 24.3 Å². The highest BCUT2D eigenvalue weighted by Crippen LogP contribution is 2.31. The summed E-state index contributed by atoms with van der Waals surface area (Å²) in [5.74, 6) is -0.414. The van der Waals surface area contributed by atoms with Gasteiger partial charge in [0.05, 0.1) is 0 Å².